The van der Waals surface area contributed by atoms with Crippen LogP contribution in [0.15, 0.2) is 0 Å². The van der Waals surface area contributed by atoms with Crippen molar-refractivity contribution in [3.63, 3.8) is 0 Å². The summed E-state index contributed by atoms with van der Waals surface area (Å²) in [4.78, 5) is 0. The van der Waals surface area contributed by atoms with Crippen LogP contribution in [0.4, 0.5) is 0 Å². The largest absolute Gasteiger partial charge is 0.401 e. The van der Waals surface area contributed by atoms with Crippen molar-refractivity contribution in [3.05, 3.63) is 0 Å². The van der Waals surface area contributed by atoms with Gasteiger partial charge in [0.25, 0.3) is 8.32 Å². The van der Waals surface area contributed by atoms with Gasteiger partial charge in [0.05, 0.1) is 0 Å². The molecule has 0 N–H and O–H groups in total. The highest BCUT2D eigenvalue weighted by molar-refractivity contribution is 6.79. The molecular formula is C13H26OSi. The van der Waals surface area contributed by atoms with E-state index in [1.54, 1.807) is 0 Å². The van der Waals surface area contributed by atoms with Crippen LogP contribution in [0.2, 0.25) is 13.1 Å². The molecule has 0 aromatic carbocycles. The van der Waals surface area contributed by atoms with Gasteiger partial charge in [0, 0.05) is 12.0 Å². The van der Waals surface area contributed by atoms with Crippen LogP contribution in [0.25, 0.3) is 0 Å². The van der Waals surface area contributed by atoms with E-state index in [1.165, 1.54) is 19.3 Å². The van der Waals surface area contributed by atoms with Crippen molar-refractivity contribution >= 4 is 8.32 Å². The van der Waals surface area contributed by atoms with Crippen LogP contribution in [0.3, 0.4) is 0 Å². The lowest BCUT2D eigenvalue weighted by atomic mass is 10.2. The lowest BCUT2D eigenvalue weighted by Crippen LogP contribution is -2.38. The summed E-state index contributed by atoms with van der Waals surface area (Å²) in [5.41, 5.74) is 3.28. The van der Waals surface area contributed by atoms with Gasteiger partial charge in [-0.05, 0) is 40.3 Å². The third-order valence-electron chi connectivity index (χ3n) is 1.86. The van der Waals surface area contributed by atoms with Crippen LogP contribution >= 0.6 is 0 Å². The van der Waals surface area contributed by atoms with E-state index in [-0.39, 0.29) is 5.60 Å². The van der Waals surface area contributed by atoms with E-state index in [0.717, 1.165) is 6.42 Å². The van der Waals surface area contributed by atoms with Crippen LogP contribution in [0, 0.1) is 11.5 Å². The van der Waals surface area contributed by atoms with Crippen molar-refractivity contribution < 1.29 is 4.43 Å². The molecule has 2 heteroatoms. The molecule has 0 saturated heterocycles. The molecule has 0 aromatic rings. The Balaban J connectivity index is 4.01. The molecule has 1 nitrogen and oxygen atoms in total. The van der Waals surface area contributed by atoms with Crippen LogP contribution < -0.4 is 0 Å². The smallest absolute Gasteiger partial charge is 0.266 e. The van der Waals surface area contributed by atoms with E-state index in [1.807, 2.05) is 0 Å². The highest BCUT2D eigenvalue weighted by Gasteiger charge is 2.26. The van der Waals surface area contributed by atoms with Gasteiger partial charge in [-0.2, -0.15) is 0 Å². The second-order valence-corrected chi connectivity index (χ2v) is 8.96. The highest BCUT2D eigenvalue weighted by atomic mass is 28.4. The van der Waals surface area contributed by atoms with Crippen LogP contribution in [-0.2, 0) is 4.43 Å². The van der Waals surface area contributed by atoms with E-state index >= 15 is 0 Å². The Morgan fingerprint density at radius 3 is 2.20 bits per heavy atom. The van der Waals surface area contributed by atoms with Crippen molar-refractivity contribution in [3.8, 4) is 11.5 Å². The summed E-state index contributed by atoms with van der Waals surface area (Å²) >= 11 is 0. The fourth-order valence-electron chi connectivity index (χ4n) is 1.53. The first-order valence-corrected chi connectivity index (χ1v) is 8.88. The Bertz CT molecular complexity index is 227. The van der Waals surface area contributed by atoms with Crippen molar-refractivity contribution in [1.82, 2.24) is 0 Å². The fraction of sp³-hybridized carbons (Fsp3) is 0.846. The van der Waals surface area contributed by atoms with E-state index in [4.69, 9.17) is 4.43 Å². The lowest BCUT2D eigenvalue weighted by molar-refractivity contribution is 0.125. The monoisotopic (exact) mass is 226 g/mol. The molecule has 0 aliphatic carbocycles. The summed E-state index contributed by atoms with van der Waals surface area (Å²) in [7, 11) is -1.76. The average molecular weight is 226 g/mol. The third kappa shape index (κ3) is 10.0. The van der Waals surface area contributed by atoms with Crippen LogP contribution in [0.5, 0.6) is 0 Å². The zero-order valence-electron chi connectivity index (χ0n) is 11.2. The first kappa shape index (κ1) is 14.7. The highest BCUT2D eigenvalue weighted by Crippen LogP contribution is 2.15. The van der Waals surface area contributed by atoms with Gasteiger partial charge in [-0.1, -0.05) is 25.3 Å². The molecule has 0 rings (SSSR count). The lowest BCUT2D eigenvalue weighted by Gasteiger charge is -2.28. The first-order chi connectivity index (χ1) is 6.77. The molecule has 0 fully saturated rings. The van der Waals surface area contributed by atoms with Gasteiger partial charge >= 0.3 is 0 Å². The van der Waals surface area contributed by atoms with E-state index in [0.29, 0.717) is 0 Å². The first-order valence-electron chi connectivity index (χ1n) is 5.97. The van der Waals surface area contributed by atoms with Gasteiger partial charge in [0.1, 0.15) is 0 Å². The Hall–Kier alpha value is -0.263. The number of unbranched alkanes of at least 4 members (excludes halogenated alkanes) is 3. The summed E-state index contributed by atoms with van der Waals surface area (Å²) in [5, 5.41) is 0. The van der Waals surface area contributed by atoms with Crippen LogP contribution in [-0.4, -0.2) is 13.9 Å². The molecule has 0 heterocycles. The molecule has 0 bridgehead atoms. The maximum absolute atomic E-state index is 6.00. The molecule has 0 saturated carbocycles. The summed E-state index contributed by atoms with van der Waals surface area (Å²) in [6.07, 6.45) is 4.80. The normalized spacial score (nSPS) is 12.1. The molecule has 0 unspecified atom stereocenters. The topological polar surface area (TPSA) is 9.23 Å². The minimum absolute atomic E-state index is 0.0617. The van der Waals surface area contributed by atoms with Crippen molar-refractivity contribution in [2.24, 2.45) is 0 Å². The Morgan fingerprint density at radius 1 is 1.13 bits per heavy atom. The van der Waals surface area contributed by atoms with Crippen molar-refractivity contribution in [1.29, 1.82) is 0 Å². The molecule has 0 aliphatic heterocycles. The van der Waals surface area contributed by atoms with Gasteiger partial charge in [-0.15, -0.1) is 5.92 Å². The van der Waals surface area contributed by atoms with E-state index in [9.17, 15) is 0 Å². The fourth-order valence-corrected chi connectivity index (χ4v) is 3.66. The molecule has 0 spiro atoms. The molecule has 0 atom stereocenters. The minimum atomic E-state index is -1.76. The second-order valence-electron chi connectivity index (χ2n) is 5.48. The number of hydrogen-bond acceptors (Lipinski definition) is 1. The molecule has 0 aliphatic rings. The predicted octanol–water partition coefficient (Wildman–Crippen LogP) is 4.13. The summed E-state index contributed by atoms with van der Waals surface area (Å²) in [5.74, 6) is 3.27. The predicted molar refractivity (Wildman–Crippen MR) is 70.2 cm³/mol. The van der Waals surface area contributed by atoms with E-state index in [2.05, 4.69) is 52.3 Å². The zero-order valence-corrected chi connectivity index (χ0v) is 12.2. The quantitative estimate of drug-likeness (QED) is 0.398. The SMILES string of the molecule is CCCCCC#C[Si](C)(C)OC(C)(C)C. The number of rotatable bonds is 4. The number of hydrogen-bond donors (Lipinski definition) is 0. The second kappa shape index (κ2) is 6.35. The Morgan fingerprint density at radius 2 is 1.73 bits per heavy atom. The Kier molecular flexibility index (Phi) is 6.24. The summed E-state index contributed by atoms with van der Waals surface area (Å²) in [6, 6.07) is 0. The minimum Gasteiger partial charge on any atom is -0.401 e. The summed E-state index contributed by atoms with van der Waals surface area (Å²) in [6.45, 7) is 12.9. The molecule has 0 amide bonds. The third-order valence-corrected chi connectivity index (χ3v) is 3.76. The van der Waals surface area contributed by atoms with Crippen molar-refractivity contribution in [2.75, 3.05) is 0 Å². The van der Waals surface area contributed by atoms with Gasteiger partial charge in [-0.3, -0.25) is 0 Å². The standard InChI is InChI=1S/C13H26OSi/c1-7-8-9-10-11-12-15(5,6)14-13(2,3)4/h7-10H2,1-6H3. The van der Waals surface area contributed by atoms with E-state index < -0.39 is 8.32 Å². The molecule has 15 heavy (non-hydrogen) atoms. The average Bonchev–Trinajstić information content (AvgIpc) is 1.99. The van der Waals surface area contributed by atoms with Crippen molar-refractivity contribution in [2.45, 2.75) is 72.1 Å². The molecular weight excluding hydrogens is 200 g/mol. The molecule has 88 valence electrons. The van der Waals surface area contributed by atoms with Gasteiger partial charge < -0.3 is 4.43 Å². The maximum atomic E-state index is 6.00. The van der Waals surface area contributed by atoms with Gasteiger partial charge in [-0.25, -0.2) is 0 Å². The summed E-state index contributed by atoms with van der Waals surface area (Å²) < 4.78 is 6.00. The maximum Gasteiger partial charge on any atom is 0.266 e. The van der Waals surface area contributed by atoms with Gasteiger partial charge in [0.2, 0.25) is 0 Å². The van der Waals surface area contributed by atoms with Gasteiger partial charge in [0.15, 0.2) is 0 Å². The molecule has 0 radical (unpaired) electrons. The van der Waals surface area contributed by atoms with Crippen LogP contribution in [0.1, 0.15) is 53.4 Å². The zero-order chi connectivity index (χ0) is 11.9. The molecule has 0 aromatic heterocycles. The Labute approximate surface area is 96.7 Å².